The highest BCUT2D eigenvalue weighted by Crippen LogP contribution is 2.46. The minimum Gasteiger partial charge on any atom is -0.492 e. The molecule has 10 nitrogen and oxygen atoms in total. The van der Waals surface area contributed by atoms with E-state index in [9.17, 15) is 13.2 Å². The molecule has 2 aromatic carbocycles. The number of carbonyl (C=O) groups is 2. The molecule has 3 N–H and O–H groups in total. The highest BCUT2D eigenvalue weighted by molar-refractivity contribution is 9.10. The summed E-state index contributed by atoms with van der Waals surface area (Å²) in [5.74, 6) is -2.38. The molecule has 14 heteroatoms. The fourth-order valence-corrected chi connectivity index (χ4v) is 5.62. The molecule has 0 amide bonds. The number of alkyl halides is 3. The summed E-state index contributed by atoms with van der Waals surface area (Å²) < 4.78 is 48.4. The average Bonchev–Trinajstić information content (AvgIpc) is 3.55. The van der Waals surface area contributed by atoms with Crippen molar-refractivity contribution in [1.82, 2.24) is 19.7 Å². The lowest BCUT2D eigenvalue weighted by Gasteiger charge is -2.15. The Morgan fingerprint density at radius 2 is 1.72 bits per heavy atom. The van der Waals surface area contributed by atoms with E-state index in [2.05, 4.69) is 47.0 Å². The molecule has 2 aliphatic rings. The number of anilines is 2. The van der Waals surface area contributed by atoms with Gasteiger partial charge in [0.05, 0.1) is 39.3 Å². The van der Waals surface area contributed by atoms with Crippen LogP contribution in [0.1, 0.15) is 43.7 Å². The van der Waals surface area contributed by atoms with E-state index in [0.717, 1.165) is 70.0 Å². The molecule has 1 saturated heterocycles. The van der Waals surface area contributed by atoms with Gasteiger partial charge in [-0.15, -0.1) is 5.10 Å². The second-order valence-electron chi connectivity index (χ2n) is 10.4. The van der Waals surface area contributed by atoms with E-state index in [-0.39, 0.29) is 0 Å². The Bertz CT molecular complexity index is 1620. The predicted octanol–water partition coefficient (Wildman–Crippen LogP) is 6.46. The number of aliphatic carboxylic acids is 2. The average molecular weight is 664 g/mol. The number of carboxylic acid groups (broad SMARTS) is 2. The Morgan fingerprint density at radius 1 is 1.05 bits per heavy atom. The zero-order chi connectivity index (χ0) is 30.7. The molecule has 0 atom stereocenters. The minimum atomic E-state index is -4.38. The van der Waals surface area contributed by atoms with E-state index in [1.165, 1.54) is 38.1 Å². The minimum absolute atomic E-state index is 0.391. The molecule has 1 aliphatic carbocycles. The topological polar surface area (TPSA) is 130 Å². The van der Waals surface area contributed by atoms with Crippen molar-refractivity contribution >= 4 is 61.2 Å². The van der Waals surface area contributed by atoms with Crippen LogP contribution in [0.5, 0.6) is 5.75 Å². The number of halogens is 4. The Labute approximate surface area is 252 Å². The summed E-state index contributed by atoms with van der Waals surface area (Å²) in [6.45, 7) is 4.01. The van der Waals surface area contributed by atoms with Gasteiger partial charge in [-0.25, -0.2) is 9.59 Å². The number of rotatable bonds is 8. The SMILES string of the molecule is FC(F)(F)c1ccc(Nc2nncc3c2c2cc(OCCCN4CCCC4)c(Br)cc2n3C2CC2)cc1.O=C(O)C(=O)O. The van der Waals surface area contributed by atoms with E-state index < -0.39 is 23.7 Å². The number of ether oxygens (including phenoxy) is 1. The lowest BCUT2D eigenvalue weighted by Crippen LogP contribution is -2.21. The zero-order valence-electron chi connectivity index (χ0n) is 22.9. The highest BCUT2D eigenvalue weighted by atomic mass is 79.9. The van der Waals surface area contributed by atoms with Gasteiger partial charge in [-0.3, -0.25) is 0 Å². The first kappa shape index (κ1) is 30.5. The van der Waals surface area contributed by atoms with Crippen molar-refractivity contribution in [3.05, 3.63) is 52.6 Å². The fraction of sp³-hybridized carbons (Fsp3) is 0.379. The second-order valence-corrected chi connectivity index (χ2v) is 11.3. The smallest absolute Gasteiger partial charge is 0.416 e. The normalized spacial score (nSPS) is 15.3. The van der Waals surface area contributed by atoms with Crippen LogP contribution in [0.25, 0.3) is 21.8 Å². The van der Waals surface area contributed by atoms with E-state index in [4.69, 9.17) is 24.5 Å². The van der Waals surface area contributed by atoms with Crippen LogP contribution in [0.4, 0.5) is 24.7 Å². The lowest BCUT2D eigenvalue weighted by molar-refractivity contribution is -0.159. The number of fused-ring (bicyclic) bond motifs is 3. The maximum absolute atomic E-state index is 13.0. The van der Waals surface area contributed by atoms with Crippen molar-refractivity contribution < 1.29 is 37.7 Å². The standard InChI is InChI=1S/C27H27BrF3N5O.C2H2O4/c28-21-15-22-20(14-24(21)37-13-3-12-35-10-1-2-11-35)25-23(36(22)19-8-9-19)16-32-34-26(25)33-18-6-4-17(5-7-18)27(29,30)31;3-1(4)2(5)6/h4-7,14-16,19H,1-3,8-13H2,(H,33,34);(H,3,4)(H,5,6). The van der Waals surface area contributed by atoms with Gasteiger partial charge < -0.3 is 29.7 Å². The molecule has 2 fully saturated rings. The number of hydrogen-bond donors (Lipinski definition) is 3. The van der Waals surface area contributed by atoms with Gasteiger partial charge in [0.15, 0.2) is 5.82 Å². The Balaban J connectivity index is 0.000000559. The van der Waals surface area contributed by atoms with Gasteiger partial charge in [-0.1, -0.05) is 0 Å². The van der Waals surface area contributed by atoms with Crippen LogP contribution in [0.2, 0.25) is 0 Å². The van der Waals surface area contributed by atoms with Crippen LogP contribution < -0.4 is 10.1 Å². The summed E-state index contributed by atoms with van der Waals surface area (Å²) >= 11 is 3.70. The summed E-state index contributed by atoms with van der Waals surface area (Å²) in [5.41, 5.74) is 1.82. The quantitative estimate of drug-likeness (QED) is 0.144. The van der Waals surface area contributed by atoms with E-state index in [1.54, 1.807) is 6.20 Å². The number of aromatic nitrogens is 3. The highest BCUT2D eigenvalue weighted by Gasteiger charge is 2.31. The second kappa shape index (κ2) is 12.8. The van der Waals surface area contributed by atoms with Gasteiger partial charge in [0.25, 0.3) is 0 Å². The molecule has 0 radical (unpaired) electrons. The third kappa shape index (κ3) is 7.19. The molecular formula is C29H29BrF3N5O5. The van der Waals surface area contributed by atoms with E-state index >= 15 is 0 Å². The van der Waals surface area contributed by atoms with Gasteiger partial charge in [0, 0.05) is 23.7 Å². The first-order valence-corrected chi connectivity index (χ1v) is 14.6. The van der Waals surface area contributed by atoms with Crippen LogP contribution in [0, 0.1) is 0 Å². The molecule has 2 aromatic heterocycles. The van der Waals surface area contributed by atoms with Gasteiger partial charge in [0.1, 0.15) is 5.75 Å². The van der Waals surface area contributed by atoms with Crippen molar-refractivity contribution in [2.24, 2.45) is 0 Å². The number of nitrogens with one attached hydrogen (secondary N) is 1. The van der Waals surface area contributed by atoms with Crippen LogP contribution in [0.15, 0.2) is 47.1 Å². The molecule has 0 bridgehead atoms. The molecule has 6 rings (SSSR count). The number of benzene rings is 2. The lowest BCUT2D eigenvalue weighted by atomic mass is 10.1. The van der Waals surface area contributed by atoms with E-state index in [0.29, 0.717) is 24.2 Å². The molecule has 0 unspecified atom stereocenters. The fourth-order valence-electron chi connectivity index (χ4n) is 5.18. The number of likely N-dealkylation sites (tertiary alicyclic amines) is 1. The summed E-state index contributed by atoms with van der Waals surface area (Å²) in [6, 6.07) is 9.47. The molecule has 3 heterocycles. The number of hydrogen-bond acceptors (Lipinski definition) is 7. The van der Waals surface area contributed by atoms with Crippen molar-refractivity contribution in [2.75, 3.05) is 31.6 Å². The molecule has 43 heavy (non-hydrogen) atoms. The van der Waals surface area contributed by atoms with Crippen molar-refractivity contribution in [3.63, 3.8) is 0 Å². The van der Waals surface area contributed by atoms with Crippen LogP contribution in [-0.4, -0.2) is 68.1 Å². The predicted molar refractivity (Wildman–Crippen MR) is 157 cm³/mol. The van der Waals surface area contributed by atoms with Gasteiger partial charge in [-0.2, -0.15) is 18.3 Å². The van der Waals surface area contributed by atoms with E-state index in [1.807, 2.05) is 6.07 Å². The van der Waals surface area contributed by atoms with Crippen LogP contribution in [-0.2, 0) is 15.8 Å². The van der Waals surface area contributed by atoms with Gasteiger partial charge in [0.2, 0.25) is 0 Å². The maximum Gasteiger partial charge on any atom is 0.416 e. The first-order chi connectivity index (χ1) is 20.5. The van der Waals surface area contributed by atoms with Gasteiger partial charge in [-0.05, 0) is 97.5 Å². The molecule has 1 aliphatic heterocycles. The third-order valence-electron chi connectivity index (χ3n) is 7.31. The van der Waals surface area contributed by atoms with Crippen molar-refractivity contribution in [1.29, 1.82) is 0 Å². The van der Waals surface area contributed by atoms with Crippen molar-refractivity contribution in [3.8, 4) is 5.75 Å². The molecule has 1 saturated carbocycles. The molecule has 228 valence electrons. The Hall–Kier alpha value is -3.91. The van der Waals surface area contributed by atoms with Crippen LogP contribution in [0.3, 0.4) is 0 Å². The Kier molecular flexibility index (Phi) is 9.06. The van der Waals surface area contributed by atoms with Gasteiger partial charge >= 0.3 is 18.1 Å². The third-order valence-corrected chi connectivity index (χ3v) is 7.93. The molecular weight excluding hydrogens is 635 g/mol. The zero-order valence-corrected chi connectivity index (χ0v) is 24.5. The van der Waals surface area contributed by atoms with Crippen molar-refractivity contribution in [2.45, 2.75) is 44.3 Å². The number of carboxylic acids is 2. The number of nitrogens with zero attached hydrogens (tertiary/aromatic N) is 4. The van der Waals surface area contributed by atoms with Crippen LogP contribution >= 0.6 is 15.9 Å². The summed E-state index contributed by atoms with van der Waals surface area (Å²) in [4.78, 5) is 20.7. The first-order valence-electron chi connectivity index (χ1n) is 13.8. The maximum atomic E-state index is 13.0. The molecule has 4 aromatic rings. The summed E-state index contributed by atoms with van der Waals surface area (Å²) in [7, 11) is 0. The Morgan fingerprint density at radius 3 is 2.33 bits per heavy atom. The monoisotopic (exact) mass is 663 g/mol. The molecule has 0 spiro atoms. The summed E-state index contributed by atoms with van der Waals surface area (Å²) in [6.07, 6.45) is 3.08. The summed E-state index contributed by atoms with van der Waals surface area (Å²) in [5, 5.41) is 28.4. The largest absolute Gasteiger partial charge is 0.492 e.